The summed E-state index contributed by atoms with van der Waals surface area (Å²) in [7, 11) is 0. The first-order chi connectivity index (χ1) is 8.58. The first-order valence-electron chi connectivity index (χ1n) is 5.83. The molecule has 0 aliphatic carbocycles. The van der Waals surface area contributed by atoms with Crippen molar-refractivity contribution in [3.8, 4) is 0 Å². The van der Waals surface area contributed by atoms with Crippen molar-refractivity contribution in [1.82, 2.24) is 0 Å². The Hall–Kier alpha value is -1.72. The topological polar surface area (TPSA) is 81.4 Å². The maximum absolute atomic E-state index is 12.0. The highest BCUT2D eigenvalue weighted by atomic mass is 16.5. The summed E-state index contributed by atoms with van der Waals surface area (Å²) in [4.78, 5) is 23.2. The number of amides is 1. The quantitative estimate of drug-likeness (QED) is 0.775. The molecule has 1 fully saturated rings. The molecule has 5 nitrogen and oxygen atoms in total. The summed E-state index contributed by atoms with van der Waals surface area (Å²) in [5, 5.41) is 2.76. The Morgan fingerprint density at radius 2 is 2.17 bits per heavy atom. The lowest BCUT2D eigenvalue weighted by Crippen LogP contribution is -2.37. The fourth-order valence-electron chi connectivity index (χ4n) is 1.89. The van der Waals surface area contributed by atoms with Crippen LogP contribution in [0, 0.1) is 5.92 Å². The van der Waals surface area contributed by atoms with E-state index in [-0.39, 0.29) is 23.7 Å². The van der Waals surface area contributed by atoms with Gasteiger partial charge in [-0.1, -0.05) is 12.1 Å². The van der Waals surface area contributed by atoms with E-state index in [0.717, 1.165) is 0 Å². The second-order valence-corrected chi connectivity index (χ2v) is 4.43. The van der Waals surface area contributed by atoms with Gasteiger partial charge in [0.25, 0.3) is 0 Å². The van der Waals surface area contributed by atoms with Crippen LogP contribution in [0.4, 0.5) is 5.69 Å². The van der Waals surface area contributed by atoms with E-state index in [1.807, 2.05) is 0 Å². The fourth-order valence-corrected chi connectivity index (χ4v) is 1.89. The number of carbonyl (C=O) groups is 2. The molecule has 5 heteroatoms. The van der Waals surface area contributed by atoms with Gasteiger partial charge in [0.2, 0.25) is 5.91 Å². The summed E-state index contributed by atoms with van der Waals surface area (Å²) in [6.45, 7) is 2.24. The summed E-state index contributed by atoms with van der Waals surface area (Å²) in [5.74, 6) is -0.529. The highest BCUT2D eigenvalue weighted by Gasteiger charge is 2.31. The van der Waals surface area contributed by atoms with Crippen LogP contribution in [0.2, 0.25) is 0 Å². The molecule has 0 spiro atoms. The van der Waals surface area contributed by atoms with Crippen molar-refractivity contribution in [2.75, 3.05) is 18.5 Å². The van der Waals surface area contributed by atoms with Gasteiger partial charge in [-0.05, 0) is 19.1 Å². The van der Waals surface area contributed by atoms with Crippen LogP contribution >= 0.6 is 0 Å². The zero-order valence-electron chi connectivity index (χ0n) is 10.2. The van der Waals surface area contributed by atoms with Crippen LogP contribution in [0.25, 0.3) is 0 Å². The predicted octanol–water partition coefficient (Wildman–Crippen LogP) is 0.801. The third kappa shape index (κ3) is 2.75. The Balaban J connectivity index is 2.07. The number of nitrogens with one attached hydrogen (secondary N) is 1. The molecule has 2 rings (SSSR count). The highest BCUT2D eigenvalue weighted by molar-refractivity contribution is 5.97. The van der Waals surface area contributed by atoms with Crippen LogP contribution in [0.5, 0.6) is 0 Å². The lowest BCUT2D eigenvalue weighted by atomic mass is 10.0. The molecular weight excluding hydrogens is 232 g/mol. The van der Waals surface area contributed by atoms with Gasteiger partial charge < -0.3 is 15.8 Å². The Bertz CT molecular complexity index is 473. The smallest absolute Gasteiger partial charge is 0.231 e. The van der Waals surface area contributed by atoms with Crippen LogP contribution in [0.1, 0.15) is 17.3 Å². The van der Waals surface area contributed by atoms with Crippen LogP contribution in [0.15, 0.2) is 24.3 Å². The molecule has 1 saturated heterocycles. The largest absolute Gasteiger partial charge is 0.379 e. The molecule has 0 saturated carbocycles. The lowest BCUT2D eigenvalue weighted by molar-refractivity contribution is -0.120. The fraction of sp³-hybridized carbons (Fsp3) is 0.385. The third-order valence-corrected chi connectivity index (χ3v) is 3.00. The number of anilines is 1. The van der Waals surface area contributed by atoms with Crippen molar-refractivity contribution in [2.45, 2.75) is 13.0 Å². The van der Waals surface area contributed by atoms with Crippen LogP contribution in [0.3, 0.4) is 0 Å². The van der Waals surface area contributed by atoms with Crippen molar-refractivity contribution in [2.24, 2.45) is 11.7 Å². The maximum Gasteiger partial charge on any atom is 0.231 e. The number of nitrogens with two attached hydrogens (primary N) is 1. The van der Waals surface area contributed by atoms with E-state index in [4.69, 9.17) is 10.5 Å². The first-order valence-corrected chi connectivity index (χ1v) is 5.83. The molecule has 1 aliphatic heterocycles. The van der Waals surface area contributed by atoms with E-state index in [0.29, 0.717) is 24.5 Å². The van der Waals surface area contributed by atoms with E-state index >= 15 is 0 Å². The monoisotopic (exact) mass is 248 g/mol. The molecule has 2 unspecified atom stereocenters. The van der Waals surface area contributed by atoms with E-state index in [2.05, 4.69) is 5.32 Å². The number of benzene rings is 1. The van der Waals surface area contributed by atoms with Crippen molar-refractivity contribution in [1.29, 1.82) is 0 Å². The SMILES string of the molecule is CC(=O)c1cccc(NC(=O)C2COCC2N)c1. The van der Waals surface area contributed by atoms with Crippen LogP contribution in [-0.2, 0) is 9.53 Å². The molecule has 1 amide bonds. The zero-order valence-corrected chi connectivity index (χ0v) is 10.2. The Morgan fingerprint density at radius 3 is 2.78 bits per heavy atom. The Kier molecular flexibility index (Phi) is 3.74. The van der Waals surface area contributed by atoms with E-state index in [9.17, 15) is 9.59 Å². The minimum Gasteiger partial charge on any atom is -0.379 e. The van der Waals surface area contributed by atoms with Gasteiger partial charge in [-0.2, -0.15) is 0 Å². The number of ketones is 1. The van der Waals surface area contributed by atoms with Gasteiger partial charge in [0.05, 0.1) is 19.1 Å². The number of carbonyl (C=O) groups excluding carboxylic acids is 2. The van der Waals surface area contributed by atoms with Gasteiger partial charge in [-0.15, -0.1) is 0 Å². The number of hydrogen-bond acceptors (Lipinski definition) is 4. The molecule has 2 atom stereocenters. The minimum atomic E-state index is -0.328. The second-order valence-electron chi connectivity index (χ2n) is 4.43. The van der Waals surface area contributed by atoms with Gasteiger partial charge in [0, 0.05) is 17.3 Å². The Morgan fingerprint density at radius 1 is 1.39 bits per heavy atom. The van der Waals surface area contributed by atoms with Gasteiger partial charge in [-0.25, -0.2) is 0 Å². The Labute approximate surface area is 105 Å². The summed E-state index contributed by atoms with van der Waals surface area (Å²) in [6, 6.07) is 6.58. The summed E-state index contributed by atoms with van der Waals surface area (Å²) in [6.07, 6.45) is 0. The molecule has 1 aromatic carbocycles. The van der Waals surface area contributed by atoms with Gasteiger partial charge in [-0.3, -0.25) is 9.59 Å². The molecule has 18 heavy (non-hydrogen) atoms. The number of hydrogen-bond donors (Lipinski definition) is 2. The highest BCUT2D eigenvalue weighted by Crippen LogP contribution is 2.16. The van der Waals surface area contributed by atoms with Crippen molar-refractivity contribution in [3.63, 3.8) is 0 Å². The first kappa shape index (κ1) is 12.7. The number of rotatable bonds is 3. The second kappa shape index (κ2) is 5.29. The van der Waals surface area contributed by atoms with Crippen LogP contribution < -0.4 is 11.1 Å². The van der Waals surface area contributed by atoms with Gasteiger partial charge >= 0.3 is 0 Å². The number of ether oxygens (including phenoxy) is 1. The molecule has 1 aromatic rings. The standard InChI is InChI=1S/C13H16N2O3/c1-8(16)9-3-2-4-10(5-9)15-13(17)11-6-18-7-12(11)14/h2-5,11-12H,6-7,14H2,1H3,(H,15,17). The van der Waals surface area contributed by atoms with Crippen molar-refractivity contribution in [3.05, 3.63) is 29.8 Å². The normalized spacial score (nSPS) is 22.8. The molecule has 0 aromatic heterocycles. The van der Waals surface area contributed by atoms with Crippen molar-refractivity contribution < 1.29 is 14.3 Å². The average molecular weight is 248 g/mol. The zero-order chi connectivity index (χ0) is 13.1. The molecule has 0 radical (unpaired) electrons. The summed E-state index contributed by atoms with van der Waals surface area (Å²) >= 11 is 0. The van der Waals surface area contributed by atoms with Crippen molar-refractivity contribution >= 4 is 17.4 Å². The molecule has 0 bridgehead atoms. The van der Waals surface area contributed by atoms with Crippen LogP contribution in [-0.4, -0.2) is 30.9 Å². The molecule has 1 aliphatic rings. The molecule has 1 heterocycles. The lowest BCUT2D eigenvalue weighted by Gasteiger charge is -2.13. The number of Topliss-reactive ketones (excluding diaryl/α,β-unsaturated/α-hetero) is 1. The van der Waals surface area contributed by atoms with Gasteiger partial charge in [0.1, 0.15) is 0 Å². The molecular formula is C13H16N2O3. The minimum absolute atomic E-state index is 0.0352. The summed E-state index contributed by atoms with van der Waals surface area (Å²) in [5.41, 5.74) is 6.94. The molecule has 3 N–H and O–H groups in total. The predicted molar refractivity (Wildman–Crippen MR) is 67.4 cm³/mol. The van der Waals surface area contributed by atoms with E-state index < -0.39 is 0 Å². The van der Waals surface area contributed by atoms with E-state index in [1.165, 1.54) is 6.92 Å². The van der Waals surface area contributed by atoms with Gasteiger partial charge in [0.15, 0.2) is 5.78 Å². The molecule has 96 valence electrons. The third-order valence-electron chi connectivity index (χ3n) is 3.00. The summed E-state index contributed by atoms with van der Waals surface area (Å²) < 4.78 is 5.15. The van der Waals surface area contributed by atoms with E-state index in [1.54, 1.807) is 24.3 Å². The average Bonchev–Trinajstić information content (AvgIpc) is 2.76. The maximum atomic E-state index is 12.0.